The summed E-state index contributed by atoms with van der Waals surface area (Å²) < 4.78 is 45.0. The van der Waals surface area contributed by atoms with E-state index in [0.29, 0.717) is 13.0 Å². The van der Waals surface area contributed by atoms with Gasteiger partial charge < -0.3 is 14.4 Å². The van der Waals surface area contributed by atoms with E-state index in [-0.39, 0.29) is 18.3 Å². The second kappa shape index (κ2) is 5.60. The van der Waals surface area contributed by atoms with Crippen LogP contribution in [0.2, 0.25) is 0 Å². The van der Waals surface area contributed by atoms with Gasteiger partial charge in [0.1, 0.15) is 12.3 Å². The third kappa shape index (κ3) is 3.55. The Balaban J connectivity index is 2.19. The molecule has 0 spiro atoms. The van der Waals surface area contributed by atoms with Crippen LogP contribution in [-0.2, 0) is 16.0 Å². The Morgan fingerprint density at radius 3 is 2.80 bits per heavy atom. The van der Waals surface area contributed by atoms with Crippen molar-refractivity contribution in [2.45, 2.75) is 19.2 Å². The Bertz CT molecular complexity index is 502. The van der Waals surface area contributed by atoms with Crippen LogP contribution in [0, 0.1) is 0 Å². The van der Waals surface area contributed by atoms with Crippen molar-refractivity contribution in [2.75, 3.05) is 25.1 Å². The number of esters is 1. The van der Waals surface area contributed by atoms with Gasteiger partial charge in [0.05, 0.1) is 7.11 Å². The number of methoxy groups -OCH3 is 1. The number of carbonyl (C=O) groups is 1. The van der Waals surface area contributed by atoms with E-state index in [0.717, 1.165) is 17.7 Å². The number of hydrogen-bond donors (Lipinski definition) is 0. The molecule has 0 fully saturated rings. The summed E-state index contributed by atoms with van der Waals surface area (Å²) in [6.07, 6.45) is -3.28. The largest absolute Gasteiger partial charge is 0.573 e. The van der Waals surface area contributed by atoms with Crippen LogP contribution in [0.4, 0.5) is 18.9 Å². The molecule has 0 radical (unpaired) electrons. The van der Waals surface area contributed by atoms with Crippen LogP contribution >= 0.6 is 0 Å². The Morgan fingerprint density at radius 1 is 1.40 bits per heavy atom. The maximum absolute atomic E-state index is 12.2. The zero-order valence-electron chi connectivity index (χ0n) is 10.9. The smallest absolute Gasteiger partial charge is 0.468 e. The molecule has 0 bridgehead atoms. The van der Waals surface area contributed by atoms with E-state index < -0.39 is 6.36 Å². The fourth-order valence-corrected chi connectivity index (χ4v) is 2.23. The highest BCUT2D eigenvalue weighted by Gasteiger charge is 2.31. The molecule has 0 N–H and O–H groups in total. The van der Waals surface area contributed by atoms with Crippen LogP contribution in [0.1, 0.15) is 12.0 Å². The van der Waals surface area contributed by atoms with E-state index in [4.69, 9.17) is 0 Å². The first-order valence-corrected chi connectivity index (χ1v) is 6.09. The molecule has 7 heteroatoms. The molecule has 0 aromatic heterocycles. The average Bonchev–Trinajstić information content (AvgIpc) is 2.36. The topological polar surface area (TPSA) is 38.8 Å². The van der Waals surface area contributed by atoms with Gasteiger partial charge in [-0.2, -0.15) is 0 Å². The van der Waals surface area contributed by atoms with E-state index in [9.17, 15) is 18.0 Å². The van der Waals surface area contributed by atoms with Crippen molar-refractivity contribution in [3.63, 3.8) is 0 Å². The predicted molar refractivity (Wildman–Crippen MR) is 65.7 cm³/mol. The lowest BCUT2D eigenvalue weighted by Crippen LogP contribution is -2.34. The Morgan fingerprint density at radius 2 is 2.15 bits per heavy atom. The van der Waals surface area contributed by atoms with Gasteiger partial charge in [-0.25, -0.2) is 0 Å². The summed E-state index contributed by atoms with van der Waals surface area (Å²) in [5.41, 5.74) is 1.48. The molecular formula is C13H14F3NO3. The first kappa shape index (κ1) is 14.5. The van der Waals surface area contributed by atoms with Gasteiger partial charge in [0.2, 0.25) is 0 Å². The third-order valence-corrected chi connectivity index (χ3v) is 3.05. The zero-order chi connectivity index (χ0) is 14.8. The first-order valence-electron chi connectivity index (χ1n) is 6.09. The van der Waals surface area contributed by atoms with Crippen molar-refractivity contribution < 1.29 is 27.4 Å². The highest BCUT2D eigenvalue weighted by molar-refractivity contribution is 5.76. The number of hydrogen-bond acceptors (Lipinski definition) is 4. The van der Waals surface area contributed by atoms with E-state index in [1.54, 1.807) is 11.0 Å². The maximum atomic E-state index is 12.2. The predicted octanol–water partition coefficient (Wildman–Crippen LogP) is 2.51. The number of alkyl halides is 3. The van der Waals surface area contributed by atoms with Gasteiger partial charge in [0, 0.05) is 12.2 Å². The molecule has 0 amide bonds. The van der Waals surface area contributed by atoms with Gasteiger partial charge in [-0.15, -0.1) is 13.2 Å². The van der Waals surface area contributed by atoms with Crippen molar-refractivity contribution in [2.24, 2.45) is 0 Å². The van der Waals surface area contributed by atoms with Crippen molar-refractivity contribution in [1.29, 1.82) is 0 Å². The van der Waals surface area contributed by atoms with Crippen LogP contribution in [0.25, 0.3) is 0 Å². The van der Waals surface area contributed by atoms with Gasteiger partial charge in [-0.05, 0) is 36.6 Å². The van der Waals surface area contributed by atoms with Crippen LogP contribution in [-0.4, -0.2) is 32.5 Å². The van der Waals surface area contributed by atoms with E-state index in [1.165, 1.54) is 19.2 Å². The highest BCUT2D eigenvalue weighted by Crippen LogP contribution is 2.32. The molecule has 0 saturated carbocycles. The molecule has 1 heterocycles. The van der Waals surface area contributed by atoms with Crippen LogP contribution < -0.4 is 9.64 Å². The van der Waals surface area contributed by atoms with Crippen LogP contribution in [0.3, 0.4) is 0 Å². The lowest BCUT2D eigenvalue weighted by Gasteiger charge is -2.30. The molecule has 0 atom stereocenters. The molecule has 1 aliphatic heterocycles. The molecule has 1 aromatic carbocycles. The fourth-order valence-electron chi connectivity index (χ4n) is 2.23. The molecule has 1 aliphatic rings. The number of halogens is 3. The first-order chi connectivity index (χ1) is 9.39. The van der Waals surface area contributed by atoms with E-state index >= 15 is 0 Å². The lowest BCUT2D eigenvalue weighted by atomic mass is 10.0. The van der Waals surface area contributed by atoms with Crippen molar-refractivity contribution >= 4 is 11.7 Å². The van der Waals surface area contributed by atoms with E-state index in [2.05, 4.69) is 9.47 Å². The molecule has 0 unspecified atom stereocenters. The Labute approximate surface area is 114 Å². The monoisotopic (exact) mass is 289 g/mol. The molecular weight excluding hydrogens is 275 g/mol. The van der Waals surface area contributed by atoms with Gasteiger partial charge in [-0.3, -0.25) is 4.79 Å². The molecule has 1 aromatic rings. The summed E-state index contributed by atoms with van der Waals surface area (Å²) in [5.74, 6) is -0.621. The second-order valence-corrected chi connectivity index (χ2v) is 4.44. The number of benzene rings is 1. The van der Waals surface area contributed by atoms with Gasteiger partial charge in [-0.1, -0.05) is 0 Å². The normalized spacial score (nSPS) is 14.7. The summed E-state index contributed by atoms with van der Waals surface area (Å²) >= 11 is 0. The number of rotatable bonds is 3. The van der Waals surface area contributed by atoms with Crippen molar-refractivity contribution in [3.8, 4) is 5.75 Å². The number of aryl methyl sites for hydroxylation is 1. The number of ether oxygens (including phenoxy) is 2. The standard InChI is InChI=1S/C13H14F3NO3/c1-19-12(18)8-17-6-2-3-9-7-10(4-5-11(9)17)20-13(14,15)16/h4-5,7H,2-3,6,8H2,1H3. The fraction of sp³-hybridized carbons (Fsp3) is 0.462. The summed E-state index contributed by atoms with van der Waals surface area (Å²) in [6, 6.07) is 4.16. The van der Waals surface area contributed by atoms with Gasteiger partial charge in [0.25, 0.3) is 0 Å². The zero-order valence-corrected chi connectivity index (χ0v) is 10.9. The molecule has 0 aliphatic carbocycles. The van der Waals surface area contributed by atoms with Crippen molar-refractivity contribution in [3.05, 3.63) is 23.8 Å². The summed E-state index contributed by atoms with van der Waals surface area (Å²) in [7, 11) is 1.30. The van der Waals surface area contributed by atoms with Crippen LogP contribution in [0.15, 0.2) is 18.2 Å². The molecule has 110 valence electrons. The number of carbonyl (C=O) groups excluding carboxylic acids is 1. The molecule has 2 rings (SSSR count). The quantitative estimate of drug-likeness (QED) is 0.801. The second-order valence-electron chi connectivity index (χ2n) is 4.44. The minimum absolute atomic E-state index is 0.0863. The van der Waals surface area contributed by atoms with Gasteiger partial charge >= 0.3 is 12.3 Å². The summed E-state index contributed by atoms with van der Waals surface area (Å²) in [4.78, 5) is 13.1. The minimum atomic E-state index is -4.70. The molecule has 20 heavy (non-hydrogen) atoms. The SMILES string of the molecule is COC(=O)CN1CCCc2cc(OC(F)(F)F)ccc21. The van der Waals surface area contributed by atoms with E-state index in [1.807, 2.05) is 0 Å². The highest BCUT2D eigenvalue weighted by atomic mass is 19.4. The third-order valence-electron chi connectivity index (χ3n) is 3.05. The maximum Gasteiger partial charge on any atom is 0.573 e. The molecule has 0 saturated heterocycles. The Kier molecular flexibility index (Phi) is 4.06. The number of anilines is 1. The van der Waals surface area contributed by atoms with Gasteiger partial charge in [0.15, 0.2) is 0 Å². The van der Waals surface area contributed by atoms with Crippen LogP contribution in [0.5, 0.6) is 5.75 Å². The average molecular weight is 289 g/mol. The summed E-state index contributed by atoms with van der Waals surface area (Å²) in [6.45, 7) is 0.755. The number of nitrogens with zero attached hydrogens (tertiary/aromatic N) is 1. The minimum Gasteiger partial charge on any atom is -0.468 e. The van der Waals surface area contributed by atoms with Crippen molar-refractivity contribution in [1.82, 2.24) is 0 Å². The summed E-state index contributed by atoms with van der Waals surface area (Å²) in [5, 5.41) is 0. The molecule has 4 nitrogen and oxygen atoms in total. The number of fused-ring (bicyclic) bond motifs is 1. The lowest BCUT2D eigenvalue weighted by molar-refractivity contribution is -0.274. The Hall–Kier alpha value is -1.92.